The van der Waals surface area contributed by atoms with E-state index in [1.54, 1.807) is 0 Å². The Hall–Kier alpha value is -1.55. The molecule has 1 rings (SSSR count). The Kier molecular flexibility index (Phi) is 7.83. The van der Waals surface area contributed by atoms with Crippen LogP contribution in [0.1, 0.15) is 37.3 Å². The zero-order chi connectivity index (χ0) is 15.7. The molecule has 0 aliphatic carbocycles. The first-order chi connectivity index (χ1) is 10.1. The third-order valence-electron chi connectivity index (χ3n) is 3.69. The van der Waals surface area contributed by atoms with Crippen LogP contribution in [0.2, 0.25) is 0 Å². The fraction of sp³-hybridized carbons (Fsp3) is 0.588. The maximum absolute atomic E-state index is 11.8. The molecule has 0 aliphatic rings. The number of para-hydroxylation sites is 1. The highest BCUT2D eigenvalue weighted by molar-refractivity contribution is 5.76. The molecule has 118 valence electrons. The van der Waals surface area contributed by atoms with Gasteiger partial charge in [-0.15, -0.1) is 0 Å². The summed E-state index contributed by atoms with van der Waals surface area (Å²) in [4.78, 5) is 11.8. The van der Waals surface area contributed by atoms with Gasteiger partial charge in [0.15, 0.2) is 0 Å². The van der Waals surface area contributed by atoms with E-state index in [9.17, 15) is 4.79 Å². The molecule has 21 heavy (non-hydrogen) atoms. The average molecular weight is 293 g/mol. The van der Waals surface area contributed by atoms with Crippen molar-refractivity contribution in [2.75, 3.05) is 19.8 Å². The monoisotopic (exact) mass is 293 g/mol. The van der Waals surface area contributed by atoms with E-state index in [4.69, 9.17) is 9.84 Å². The molecule has 0 bridgehead atoms. The second kappa shape index (κ2) is 9.40. The number of aryl methyl sites for hydroxylation is 2. The second-order valence-corrected chi connectivity index (χ2v) is 5.41. The molecule has 1 amide bonds. The van der Waals surface area contributed by atoms with Gasteiger partial charge in [0.05, 0.1) is 13.0 Å². The van der Waals surface area contributed by atoms with Crippen LogP contribution in [0.4, 0.5) is 0 Å². The standard InChI is InChI=1S/C17H27NO3/c1-4-15(8-10-19)12-18-16(20)9-11-21-17-13(2)6-5-7-14(17)3/h5-7,15,19H,4,8-12H2,1-3H3,(H,18,20). The molecule has 0 saturated heterocycles. The van der Waals surface area contributed by atoms with Crippen molar-refractivity contribution in [2.24, 2.45) is 5.92 Å². The van der Waals surface area contributed by atoms with Crippen molar-refractivity contribution in [1.29, 1.82) is 0 Å². The first kappa shape index (κ1) is 17.5. The number of rotatable bonds is 9. The van der Waals surface area contributed by atoms with Gasteiger partial charge in [0.1, 0.15) is 5.75 Å². The molecule has 1 aromatic carbocycles. The van der Waals surface area contributed by atoms with Crippen molar-refractivity contribution in [3.8, 4) is 5.75 Å². The number of hydrogen-bond donors (Lipinski definition) is 2. The summed E-state index contributed by atoms with van der Waals surface area (Å²) >= 11 is 0. The van der Waals surface area contributed by atoms with E-state index < -0.39 is 0 Å². The fourth-order valence-corrected chi connectivity index (χ4v) is 2.25. The van der Waals surface area contributed by atoms with Gasteiger partial charge in [-0.05, 0) is 37.3 Å². The fourth-order valence-electron chi connectivity index (χ4n) is 2.25. The number of amides is 1. The van der Waals surface area contributed by atoms with Crippen LogP contribution in [-0.2, 0) is 4.79 Å². The van der Waals surface area contributed by atoms with Crippen molar-refractivity contribution in [1.82, 2.24) is 5.32 Å². The zero-order valence-electron chi connectivity index (χ0n) is 13.3. The van der Waals surface area contributed by atoms with Crippen molar-refractivity contribution in [3.63, 3.8) is 0 Å². The Labute approximate surface area is 127 Å². The van der Waals surface area contributed by atoms with Crippen LogP contribution in [0.5, 0.6) is 5.75 Å². The lowest BCUT2D eigenvalue weighted by atomic mass is 10.0. The minimum absolute atomic E-state index is 0.00220. The van der Waals surface area contributed by atoms with Gasteiger partial charge in [0.25, 0.3) is 0 Å². The summed E-state index contributed by atoms with van der Waals surface area (Å²) in [6.07, 6.45) is 2.04. The number of aliphatic hydroxyl groups excluding tert-OH is 1. The minimum Gasteiger partial charge on any atom is -0.493 e. The number of hydrogen-bond acceptors (Lipinski definition) is 3. The molecule has 0 heterocycles. The molecule has 0 saturated carbocycles. The van der Waals surface area contributed by atoms with E-state index in [-0.39, 0.29) is 12.5 Å². The number of carbonyl (C=O) groups excluding carboxylic acids is 1. The maximum atomic E-state index is 11.8. The Morgan fingerprint density at radius 3 is 2.57 bits per heavy atom. The number of ether oxygens (including phenoxy) is 1. The lowest BCUT2D eigenvalue weighted by Gasteiger charge is -2.15. The van der Waals surface area contributed by atoms with Gasteiger partial charge in [-0.25, -0.2) is 0 Å². The van der Waals surface area contributed by atoms with Crippen molar-refractivity contribution >= 4 is 5.91 Å². The van der Waals surface area contributed by atoms with E-state index in [2.05, 4.69) is 12.2 Å². The lowest BCUT2D eigenvalue weighted by Crippen LogP contribution is -2.30. The number of nitrogens with one attached hydrogen (secondary N) is 1. The van der Waals surface area contributed by atoms with Gasteiger partial charge in [-0.2, -0.15) is 0 Å². The quantitative estimate of drug-likeness (QED) is 0.736. The highest BCUT2D eigenvalue weighted by atomic mass is 16.5. The molecular weight excluding hydrogens is 266 g/mol. The Balaban J connectivity index is 2.30. The molecular formula is C17H27NO3. The number of carbonyl (C=O) groups is 1. The molecule has 0 spiro atoms. The summed E-state index contributed by atoms with van der Waals surface area (Å²) in [6.45, 7) is 7.25. The normalized spacial score (nSPS) is 12.0. The van der Waals surface area contributed by atoms with Crippen LogP contribution in [0.15, 0.2) is 18.2 Å². The molecule has 1 unspecified atom stereocenters. The van der Waals surface area contributed by atoms with Gasteiger partial charge < -0.3 is 15.2 Å². The number of benzene rings is 1. The molecule has 0 fully saturated rings. The van der Waals surface area contributed by atoms with Gasteiger partial charge in [0, 0.05) is 13.2 Å². The highest BCUT2D eigenvalue weighted by Crippen LogP contribution is 2.22. The summed E-state index contributed by atoms with van der Waals surface area (Å²) < 4.78 is 5.72. The van der Waals surface area contributed by atoms with Crippen molar-refractivity contribution in [2.45, 2.75) is 40.0 Å². The van der Waals surface area contributed by atoms with Crippen LogP contribution in [0.25, 0.3) is 0 Å². The maximum Gasteiger partial charge on any atom is 0.223 e. The topological polar surface area (TPSA) is 58.6 Å². The van der Waals surface area contributed by atoms with Gasteiger partial charge in [-0.1, -0.05) is 31.5 Å². The van der Waals surface area contributed by atoms with Crippen molar-refractivity contribution in [3.05, 3.63) is 29.3 Å². The molecule has 4 nitrogen and oxygen atoms in total. The van der Waals surface area contributed by atoms with E-state index in [1.165, 1.54) is 0 Å². The summed E-state index contributed by atoms with van der Waals surface area (Å²) in [5.41, 5.74) is 2.17. The van der Waals surface area contributed by atoms with E-state index in [0.717, 1.165) is 29.7 Å². The minimum atomic E-state index is -0.00220. The largest absolute Gasteiger partial charge is 0.493 e. The smallest absolute Gasteiger partial charge is 0.223 e. The van der Waals surface area contributed by atoms with E-state index >= 15 is 0 Å². The first-order valence-corrected chi connectivity index (χ1v) is 7.65. The third-order valence-corrected chi connectivity index (χ3v) is 3.69. The lowest BCUT2D eigenvalue weighted by molar-refractivity contribution is -0.121. The molecule has 1 aromatic rings. The van der Waals surface area contributed by atoms with Gasteiger partial charge in [-0.3, -0.25) is 4.79 Å². The van der Waals surface area contributed by atoms with Crippen molar-refractivity contribution < 1.29 is 14.6 Å². The summed E-state index contributed by atoms with van der Waals surface area (Å²) in [5.74, 6) is 1.22. The molecule has 1 atom stereocenters. The van der Waals surface area contributed by atoms with Crippen LogP contribution < -0.4 is 10.1 Å². The van der Waals surface area contributed by atoms with Gasteiger partial charge in [0.2, 0.25) is 5.91 Å². The zero-order valence-corrected chi connectivity index (χ0v) is 13.3. The Morgan fingerprint density at radius 2 is 2.00 bits per heavy atom. The van der Waals surface area contributed by atoms with Crippen LogP contribution in [0, 0.1) is 19.8 Å². The molecule has 0 radical (unpaired) electrons. The molecule has 2 N–H and O–H groups in total. The Bertz CT molecular complexity index is 425. The first-order valence-electron chi connectivity index (χ1n) is 7.65. The highest BCUT2D eigenvalue weighted by Gasteiger charge is 2.09. The second-order valence-electron chi connectivity index (χ2n) is 5.41. The van der Waals surface area contributed by atoms with E-state index in [1.807, 2.05) is 32.0 Å². The summed E-state index contributed by atoms with van der Waals surface area (Å²) in [5, 5.41) is 11.8. The van der Waals surface area contributed by atoms with Crippen LogP contribution in [-0.4, -0.2) is 30.8 Å². The van der Waals surface area contributed by atoms with Crippen LogP contribution in [0.3, 0.4) is 0 Å². The predicted molar refractivity (Wildman–Crippen MR) is 84.5 cm³/mol. The van der Waals surface area contributed by atoms with E-state index in [0.29, 0.717) is 25.5 Å². The van der Waals surface area contributed by atoms with Gasteiger partial charge >= 0.3 is 0 Å². The predicted octanol–water partition coefficient (Wildman–Crippen LogP) is 2.60. The van der Waals surface area contributed by atoms with Crippen LogP contribution >= 0.6 is 0 Å². The summed E-state index contributed by atoms with van der Waals surface area (Å²) in [7, 11) is 0. The molecule has 4 heteroatoms. The Morgan fingerprint density at radius 1 is 1.33 bits per heavy atom. The molecule has 0 aliphatic heterocycles. The number of aliphatic hydroxyl groups is 1. The SMILES string of the molecule is CCC(CCO)CNC(=O)CCOc1c(C)cccc1C. The average Bonchev–Trinajstić information content (AvgIpc) is 2.46. The summed E-state index contributed by atoms with van der Waals surface area (Å²) in [6, 6.07) is 6.00. The third kappa shape index (κ3) is 6.17. The molecule has 0 aromatic heterocycles.